The Morgan fingerprint density at radius 1 is 0.917 bits per heavy atom. The van der Waals surface area contributed by atoms with Crippen LogP contribution in [0.2, 0.25) is 0 Å². The van der Waals surface area contributed by atoms with Crippen molar-refractivity contribution in [2.45, 2.75) is 6.92 Å². The number of allylic oxidation sites excluding steroid dienone is 4. The smallest absolute Gasteiger partial charge is 0.187 e. The van der Waals surface area contributed by atoms with Crippen LogP contribution in [0, 0.1) is 0 Å². The fourth-order valence-corrected chi connectivity index (χ4v) is 2.07. The van der Waals surface area contributed by atoms with Crippen molar-refractivity contribution in [2.75, 3.05) is 0 Å². The second-order valence-electron chi connectivity index (χ2n) is 5.18. The maximum absolute atomic E-state index is 12.4. The molecule has 3 heteroatoms. The molecule has 0 radical (unpaired) electrons. The first-order chi connectivity index (χ1) is 11.7. The van der Waals surface area contributed by atoms with Gasteiger partial charge in [-0.15, -0.1) is 0 Å². The van der Waals surface area contributed by atoms with Crippen LogP contribution in [0.15, 0.2) is 90.7 Å². The maximum atomic E-state index is 12.4. The van der Waals surface area contributed by atoms with Gasteiger partial charge < -0.3 is 5.32 Å². The van der Waals surface area contributed by atoms with Gasteiger partial charge in [0.15, 0.2) is 5.78 Å². The minimum Gasteiger partial charge on any atom is -0.361 e. The van der Waals surface area contributed by atoms with Crippen molar-refractivity contribution >= 4 is 17.8 Å². The molecular weight excluding hydrogens is 298 g/mol. The number of aldehydes is 1. The highest BCUT2D eigenvalue weighted by atomic mass is 16.1. The van der Waals surface area contributed by atoms with E-state index in [0.717, 1.165) is 17.4 Å². The van der Waals surface area contributed by atoms with Crippen LogP contribution in [-0.4, -0.2) is 12.1 Å². The summed E-state index contributed by atoms with van der Waals surface area (Å²) in [5, 5.41) is 3.16. The van der Waals surface area contributed by atoms with Crippen molar-refractivity contribution in [3.63, 3.8) is 0 Å². The average Bonchev–Trinajstić information content (AvgIpc) is 2.64. The van der Waals surface area contributed by atoms with Crippen LogP contribution in [-0.2, 0) is 4.79 Å². The third-order valence-corrected chi connectivity index (χ3v) is 3.31. The van der Waals surface area contributed by atoms with Gasteiger partial charge in [0.05, 0.1) is 0 Å². The molecule has 0 aliphatic carbocycles. The highest BCUT2D eigenvalue weighted by Crippen LogP contribution is 2.13. The van der Waals surface area contributed by atoms with Crippen molar-refractivity contribution in [2.24, 2.45) is 0 Å². The molecule has 1 N–H and O–H groups in total. The SMILES string of the molecule is CC(/C=C/C=O)=C\N/C(=C/C(=O)c1ccccc1)c1ccccc1. The Hall–Kier alpha value is -3.20. The molecule has 120 valence electrons. The third-order valence-electron chi connectivity index (χ3n) is 3.31. The van der Waals surface area contributed by atoms with Gasteiger partial charge in [-0.25, -0.2) is 0 Å². The Bertz CT molecular complexity index is 772. The van der Waals surface area contributed by atoms with Crippen molar-refractivity contribution in [3.05, 3.63) is 102 Å². The van der Waals surface area contributed by atoms with E-state index in [-0.39, 0.29) is 5.78 Å². The number of nitrogens with one attached hydrogen (secondary N) is 1. The second kappa shape index (κ2) is 9.06. The standard InChI is InChI=1S/C21H19NO2/c1-17(9-8-14-23)16-22-20(18-10-4-2-5-11-18)15-21(24)19-12-6-3-7-13-19/h2-16,22H,1H3/b9-8+,17-16+,20-15+. The van der Waals surface area contributed by atoms with Gasteiger partial charge in [0, 0.05) is 23.5 Å². The molecule has 24 heavy (non-hydrogen) atoms. The van der Waals surface area contributed by atoms with E-state index in [0.29, 0.717) is 11.3 Å². The van der Waals surface area contributed by atoms with E-state index >= 15 is 0 Å². The zero-order valence-corrected chi connectivity index (χ0v) is 13.5. The van der Waals surface area contributed by atoms with Gasteiger partial charge in [-0.05, 0) is 24.1 Å². The van der Waals surface area contributed by atoms with Gasteiger partial charge in [0.1, 0.15) is 6.29 Å². The summed E-state index contributed by atoms with van der Waals surface area (Å²) in [5.74, 6) is -0.0727. The predicted molar refractivity (Wildman–Crippen MR) is 97.3 cm³/mol. The molecule has 0 spiro atoms. The van der Waals surface area contributed by atoms with Crippen LogP contribution < -0.4 is 5.32 Å². The van der Waals surface area contributed by atoms with E-state index in [4.69, 9.17) is 0 Å². The van der Waals surface area contributed by atoms with E-state index in [1.807, 2.05) is 55.5 Å². The Kier molecular flexibility index (Phi) is 6.47. The highest BCUT2D eigenvalue weighted by Gasteiger charge is 2.06. The first-order valence-electron chi connectivity index (χ1n) is 7.62. The summed E-state index contributed by atoms with van der Waals surface area (Å²) in [6, 6.07) is 18.8. The van der Waals surface area contributed by atoms with Gasteiger partial charge in [0.2, 0.25) is 0 Å². The van der Waals surface area contributed by atoms with Crippen LogP contribution in [0.4, 0.5) is 0 Å². The summed E-state index contributed by atoms with van der Waals surface area (Å²) >= 11 is 0. The molecule has 0 saturated carbocycles. The molecule has 0 atom stereocenters. The number of hydrogen-bond acceptors (Lipinski definition) is 3. The summed E-state index contributed by atoms with van der Waals surface area (Å²) in [5.41, 5.74) is 3.11. The largest absolute Gasteiger partial charge is 0.361 e. The maximum Gasteiger partial charge on any atom is 0.187 e. The van der Waals surface area contributed by atoms with E-state index in [1.54, 1.807) is 30.5 Å². The minimum atomic E-state index is -0.0727. The number of ketones is 1. The van der Waals surface area contributed by atoms with Gasteiger partial charge in [0.25, 0.3) is 0 Å². The summed E-state index contributed by atoms with van der Waals surface area (Å²) in [6.45, 7) is 1.87. The molecular formula is C21H19NO2. The summed E-state index contributed by atoms with van der Waals surface area (Å²) in [7, 11) is 0. The molecule has 0 unspecified atom stereocenters. The molecule has 0 aliphatic rings. The lowest BCUT2D eigenvalue weighted by Gasteiger charge is -2.08. The van der Waals surface area contributed by atoms with Crippen molar-refractivity contribution in [3.8, 4) is 0 Å². The molecule has 0 amide bonds. The first kappa shape index (κ1) is 17.2. The van der Waals surface area contributed by atoms with Gasteiger partial charge in [-0.2, -0.15) is 0 Å². The summed E-state index contributed by atoms with van der Waals surface area (Å²) < 4.78 is 0. The molecule has 3 nitrogen and oxygen atoms in total. The second-order valence-corrected chi connectivity index (χ2v) is 5.18. The molecule has 0 heterocycles. The van der Waals surface area contributed by atoms with Crippen molar-refractivity contribution in [1.82, 2.24) is 5.32 Å². The lowest BCUT2D eigenvalue weighted by molar-refractivity contribution is -0.104. The first-order valence-corrected chi connectivity index (χ1v) is 7.62. The molecule has 2 aromatic carbocycles. The van der Waals surface area contributed by atoms with E-state index in [1.165, 1.54) is 6.08 Å². The molecule has 0 bridgehead atoms. The number of carbonyl (C=O) groups is 2. The van der Waals surface area contributed by atoms with Crippen molar-refractivity contribution < 1.29 is 9.59 Å². The molecule has 0 fully saturated rings. The van der Waals surface area contributed by atoms with Gasteiger partial charge >= 0.3 is 0 Å². The number of rotatable bonds is 7. The van der Waals surface area contributed by atoms with Crippen LogP contribution in [0.5, 0.6) is 0 Å². The lowest BCUT2D eigenvalue weighted by atomic mass is 10.1. The van der Waals surface area contributed by atoms with Gasteiger partial charge in [-0.3, -0.25) is 9.59 Å². The van der Waals surface area contributed by atoms with E-state index in [9.17, 15) is 9.59 Å². The fraction of sp³-hybridized carbons (Fsp3) is 0.0476. The quantitative estimate of drug-likeness (QED) is 0.361. The number of benzene rings is 2. The number of carbonyl (C=O) groups excluding carboxylic acids is 2. The van der Waals surface area contributed by atoms with Crippen molar-refractivity contribution in [1.29, 1.82) is 0 Å². The monoisotopic (exact) mass is 317 g/mol. The zero-order valence-electron chi connectivity index (χ0n) is 13.5. The molecule has 0 aliphatic heterocycles. The normalized spacial score (nSPS) is 12.2. The topological polar surface area (TPSA) is 46.2 Å². The average molecular weight is 317 g/mol. The Labute approximate surface area is 142 Å². The Balaban J connectivity index is 2.30. The summed E-state index contributed by atoms with van der Waals surface area (Å²) in [6.07, 6.45) is 7.19. The molecule has 0 aromatic heterocycles. The molecule has 0 saturated heterocycles. The van der Waals surface area contributed by atoms with Gasteiger partial charge in [-0.1, -0.05) is 66.7 Å². The van der Waals surface area contributed by atoms with Crippen LogP contribution in [0.3, 0.4) is 0 Å². The molecule has 2 aromatic rings. The highest BCUT2D eigenvalue weighted by molar-refractivity contribution is 6.08. The van der Waals surface area contributed by atoms with Crippen LogP contribution in [0.25, 0.3) is 5.70 Å². The predicted octanol–water partition coefficient (Wildman–Crippen LogP) is 4.16. The minimum absolute atomic E-state index is 0.0727. The number of hydrogen-bond donors (Lipinski definition) is 1. The lowest BCUT2D eigenvalue weighted by Crippen LogP contribution is -2.08. The Morgan fingerprint density at radius 3 is 2.08 bits per heavy atom. The van der Waals surface area contributed by atoms with Crippen LogP contribution >= 0.6 is 0 Å². The summed E-state index contributed by atoms with van der Waals surface area (Å²) in [4.78, 5) is 22.8. The Morgan fingerprint density at radius 2 is 1.50 bits per heavy atom. The molecule has 2 rings (SSSR count). The van der Waals surface area contributed by atoms with Crippen LogP contribution in [0.1, 0.15) is 22.8 Å². The van der Waals surface area contributed by atoms with E-state index in [2.05, 4.69) is 5.32 Å². The van der Waals surface area contributed by atoms with E-state index < -0.39 is 0 Å². The fourth-order valence-electron chi connectivity index (χ4n) is 2.07. The third kappa shape index (κ3) is 5.21. The zero-order chi connectivity index (χ0) is 17.2.